The van der Waals surface area contributed by atoms with Crippen molar-refractivity contribution in [3.05, 3.63) is 53.1 Å². The second-order valence-corrected chi connectivity index (χ2v) is 4.38. The number of fused-ring (bicyclic) bond motifs is 1. The Balaban J connectivity index is 2.17. The van der Waals surface area contributed by atoms with Gasteiger partial charge in [-0.25, -0.2) is 4.68 Å². The van der Waals surface area contributed by atoms with E-state index in [2.05, 4.69) is 10.3 Å². The molecule has 18 heavy (non-hydrogen) atoms. The topological polar surface area (TPSA) is 56.7 Å². The smallest absolute Gasteiger partial charge is 0.113 e. The maximum atomic E-state index is 6.16. The van der Waals surface area contributed by atoms with Crippen molar-refractivity contribution in [2.75, 3.05) is 0 Å². The van der Waals surface area contributed by atoms with Gasteiger partial charge in [-0.1, -0.05) is 35.0 Å². The number of nitrogens with zero attached hydrogens (tertiary/aromatic N) is 3. The van der Waals surface area contributed by atoms with Gasteiger partial charge in [0.05, 0.1) is 11.2 Å². The molecular weight excluding hydrogens is 248 g/mol. The van der Waals surface area contributed by atoms with E-state index in [1.54, 1.807) is 4.68 Å². The predicted octanol–water partition coefficient (Wildman–Crippen LogP) is 2.53. The van der Waals surface area contributed by atoms with E-state index in [4.69, 9.17) is 17.3 Å². The molecule has 0 saturated carbocycles. The lowest BCUT2D eigenvalue weighted by molar-refractivity contribution is 0.823. The molecule has 0 atom stereocenters. The van der Waals surface area contributed by atoms with Gasteiger partial charge in [0.2, 0.25) is 0 Å². The first-order valence-electron chi connectivity index (χ1n) is 5.59. The Hall–Kier alpha value is -1.91. The summed E-state index contributed by atoms with van der Waals surface area (Å²) in [6.07, 6.45) is 0. The SMILES string of the molecule is NCc1ccc(-n2nnc3ccccc32)cc1Cl. The molecule has 2 aromatic carbocycles. The first-order valence-corrected chi connectivity index (χ1v) is 5.96. The van der Waals surface area contributed by atoms with Crippen molar-refractivity contribution < 1.29 is 0 Å². The molecule has 0 aliphatic heterocycles. The number of aromatic nitrogens is 3. The maximum Gasteiger partial charge on any atom is 0.113 e. The predicted molar refractivity (Wildman–Crippen MR) is 71.8 cm³/mol. The summed E-state index contributed by atoms with van der Waals surface area (Å²) in [5.74, 6) is 0. The molecule has 1 heterocycles. The summed E-state index contributed by atoms with van der Waals surface area (Å²) >= 11 is 6.16. The van der Waals surface area contributed by atoms with E-state index in [1.807, 2.05) is 42.5 Å². The van der Waals surface area contributed by atoms with Crippen molar-refractivity contribution >= 4 is 22.6 Å². The summed E-state index contributed by atoms with van der Waals surface area (Å²) in [6.45, 7) is 0.428. The van der Waals surface area contributed by atoms with Gasteiger partial charge in [0.15, 0.2) is 0 Å². The standard InChI is InChI=1S/C13H11ClN4/c14-11-7-10(6-5-9(11)8-15)18-13-4-2-1-3-12(13)16-17-18/h1-7H,8,15H2. The summed E-state index contributed by atoms with van der Waals surface area (Å²) in [6, 6.07) is 13.5. The second kappa shape index (κ2) is 4.40. The van der Waals surface area contributed by atoms with Gasteiger partial charge in [0.25, 0.3) is 0 Å². The summed E-state index contributed by atoms with van der Waals surface area (Å²) in [7, 11) is 0. The van der Waals surface area contributed by atoms with E-state index < -0.39 is 0 Å². The number of hydrogen-bond acceptors (Lipinski definition) is 3. The molecule has 0 aliphatic rings. The Kier molecular flexibility index (Phi) is 2.74. The monoisotopic (exact) mass is 258 g/mol. The molecule has 1 aromatic heterocycles. The van der Waals surface area contributed by atoms with Crippen molar-refractivity contribution in [2.24, 2.45) is 5.73 Å². The number of hydrogen-bond donors (Lipinski definition) is 1. The fourth-order valence-electron chi connectivity index (χ4n) is 1.89. The molecular formula is C13H11ClN4. The Morgan fingerprint density at radius 1 is 1.17 bits per heavy atom. The summed E-state index contributed by atoms with van der Waals surface area (Å²) < 4.78 is 1.77. The van der Waals surface area contributed by atoms with E-state index >= 15 is 0 Å². The van der Waals surface area contributed by atoms with Crippen LogP contribution in [0.15, 0.2) is 42.5 Å². The molecule has 2 N–H and O–H groups in total. The third kappa shape index (κ3) is 1.75. The highest BCUT2D eigenvalue weighted by Gasteiger charge is 2.07. The summed E-state index contributed by atoms with van der Waals surface area (Å²) in [5, 5.41) is 8.90. The summed E-state index contributed by atoms with van der Waals surface area (Å²) in [4.78, 5) is 0. The molecule has 5 heteroatoms. The maximum absolute atomic E-state index is 6.16. The lowest BCUT2D eigenvalue weighted by Crippen LogP contribution is -2.00. The van der Waals surface area contributed by atoms with E-state index in [0.29, 0.717) is 11.6 Å². The molecule has 0 unspecified atom stereocenters. The number of benzene rings is 2. The zero-order valence-electron chi connectivity index (χ0n) is 9.55. The molecule has 0 aliphatic carbocycles. The molecule has 3 rings (SSSR count). The van der Waals surface area contributed by atoms with Crippen molar-refractivity contribution in [1.82, 2.24) is 15.0 Å². The van der Waals surface area contributed by atoms with Crippen LogP contribution in [-0.4, -0.2) is 15.0 Å². The van der Waals surface area contributed by atoms with E-state index in [1.165, 1.54) is 0 Å². The third-order valence-corrected chi connectivity index (χ3v) is 3.20. The molecule has 0 spiro atoms. The Morgan fingerprint density at radius 3 is 2.78 bits per heavy atom. The minimum atomic E-state index is 0.428. The molecule has 0 fully saturated rings. The third-order valence-electron chi connectivity index (χ3n) is 2.85. The van der Waals surface area contributed by atoms with E-state index in [0.717, 1.165) is 22.3 Å². The van der Waals surface area contributed by atoms with Gasteiger partial charge in [-0.15, -0.1) is 5.10 Å². The van der Waals surface area contributed by atoms with Crippen LogP contribution in [0.1, 0.15) is 5.56 Å². The van der Waals surface area contributed by atoms with Crippen LogP contribution < -0.4 is 5.73 Å². The fourth-order valence-corrected chi connectivity index (χ4v) is 2.15. The molecule has 0 bridgehead atoms. The summed E-state index contributed by atoms with van der Waals surface area (Å²) in [5.41, 5.74) is 9.20. The van der Waals surface area contributed by atoms with Gasteiger partial charge in [0, 0.05) is 11.6 Å². The van der Waals surface area contributed by atoms with Gasteiger partial charge in [-0.2, -0.15) is 0 Å². The Bertz CT molecular complexity index is 705. The molecule has 4 nitrogen and oxygen atoms in total. The molecule has 0 saturated heterocycles. The highest BCUT2D eigenvalue weighted by molar-refractivity contribution is 6.31. The zero-order valence-corrected chi connectivity index (χ0v) is 10.3. The largest absolute Gasteiger partial charge is 0.326 e. The Labute approximate surface area is 109 Å². The van der Waals surface area contributed by atoms with Crippen molar-refractivity contribution in [3.63, 3.8) is 0 Å². The minimum absolute atomic E-state index is 0.428. The van der Waals surface area contributed by atoms with Gasteiger partial charge in [-0.3, -0.25) is 0 Å². The fraction of sp³-hybridized carbons (Fsp3) is 0.0769. The van der Waals surface area contributed by atoms with Crippen molar-refractivity contribution in [1.29, 1.82) is 0 Å². The van der Waals surface area contributed by atoms with Gasteiger partial charge in [0.1, 0.15) is 5.52 Å². The highest BCUT2D eigenvalue weighted by Crippen LogP contribution is 2.22. The van der Waals surface area contributed by atoms with Crippen LogP contribution in [0.3, 0.4) is 0 Å². The first kappa shape index (κ1) is 11.2. The van der Waals surface area contributed by atoms with E-state index in [-0.39, 0.29) is 0 Å². The van der Waals surface area contributed by atoms with Crippen molar-refractivity contribution in [2.45, 2.75) is 6.54 Å². The average molecular weight is 259 g/mol. The molecule has 0 amide bonds. The molecule has 3 aromatic rings. The van der Waals surface area contributed by atoms with Gasteiger partial charge < -0.3 is 5.73 Å². The Morgan fingerprint density at radius 2 is 2.00 bits per heavy atom. The van der Waals surface area contributed by atoms with Crippen LogP contribution in [0.4, 0.5) is 0 Å². The lowest BCUT2D eigenvalue weighted by atomic mass is 10.2. The van der Waals surface area contributed by atoms with Crippen molar-refractivity contribution in [3.8, 4) is 5.69 Å². The van der Waals surface area contributed by atoms with Crippen LogP contribution in [0.2, 0.25) is 5.02 Å². The number of nitrogens with two attached hydrogens (primary N) is 1. The van der Waals surface area contributed by atoms with Gasteiger partial charge in [-0.05, 0) is 29.8 Å². The molecule has 90 valence electrons. The normalized spacial score (nSPS) is 11.0. The highest BCUT2D eigenvalue weighted by atomic mass is 35.5. The van der Waals surface area contributed by atoms with Crippen LogP contribution in [0, 0.1) is 0 Å². The van der Waals surface area contributed by atoms with E-state index in [9.17, 15) is 0 Å². The number of halogens is 1. The average Bonchev–Trinajstić information content (AvgIpc) is 2.82. The van der Waals surface area contributed by atoms with Crippen LogP contribution in [-0.2, 0) is 6.54 Å². The molecule has 0 radical (unpaired) electrons. The zero-order chi connectivity index (χ0) is 12.5. The van der Waals surface area contributed by atoms with Crippen LogP contribution in [0.25, 0.3) is 16.7 Å². The number of rotatable bonds is 2. The second-order valence-electron chi connectivity index (χ2n) is 3.97. The lowest BCUT2D eigenvalue weighted by Gasteiger charge is -2.05. The number of para-hydroxylation sites is 1. The first-order chi connectivity index (χ1) is 8.79. The van der Waals surface area contributed by atoms with Crippen LogP contribution in [0.5, 0.6) is 0 Å². The van der Waals surface area contributed by atoms with Crippen LogP contribution >= 0.6 is 11.6 Å². The van der Waals surface area contributed by atoms with Gasteiger partial charge >= 0.3 is 0 Å². The quantitative estimate of drug-likeness (QED) is 0.768. The minimum Gasteiger partial charge on any atom is -0.326 e.